The van der Waals surface area contributed by atoms with Crippen molar-refractivity contribution < 1.29 is 4.65 Å². The molecule has 0 saturated carbocycles. The smallest absolute Gasteiger partial charge is 0.324 e. The molecule has 0 amide bonds. The van der Waals surface area contributed by atoms with Gasteiger partial charge >= 0.3 is 6.92 Å². The van der Waals surface area contributed by atoms with Crippen molar-refractivity contribution >= 4 is 23.3 Å². The molecular formula is C15H23BN2O. The maximum absolute atomic E-state index is 6.32. The van der Waals surface area contributed by atoms with Gasteiger partial charge in [0.15, 0.2) is 0 Å². The third-order valence-electron chi connectivity index (χ3n) is 4.23. The van der Waals surface area contributed by atoms with E-state index in [0.29, 0.717) is 0 Å². The molecule has 2 rings (SSSR count). The lowest BCUT2D eigenvalue weighted by Crippen LogP contribution is -2.47. The topological polar surface area (TPSA) is 37.9 Å². The highest BCUT2D eigenvalue weighted by molar-refractivity contribution is 6.68. The molecule has 1 aromatic carbocycles. The van der Waals surface area contributed by atoms with Gasteiger partial charge in [0.1, 0.15) is 0 Å². The van der Waals surface area contributed by atoms with Gasteiger partial charge in [-0.25, -0.2) is 0 Å². The summed E-state index contributed by atoms with van der Waals surface area (Å²) in [5, 5.41) is 8.25. The van der Waals surface area contributed by atoms with E-state index in [1.165, 1.54) is 5.46 Å². The van der Waals surface area contributed by atoms with Gasteiger partial charge in [0, 0.05) is 5.39 Å². The summed E-state index contributed by atoms with van der Waals surface area (Å²) in [7, 11) is 0. The third-order valence-corrected chi connectivity index (χ3v) is 4.23. The molecule has 102 valence electrons. The molecule has 0 bridgehead atoms. The van der Waals surface area contributed by atoms with Crippen LogP contribution in [0.25, 0.3) is 10.9 Å². The van der Waals surface area contributed by atoms with Gasteiger partial charge in [-0.15, -0.1) is 0 Å². The van der Waals surface area contributed by atoms with Crippen LogP contribution in [0.2, 0.25) is 6.82 Å². The maximum Gasteiger partial charge on any atom is 0.324 e. The van der Waals surface area contributed by atoms with Crippen molar-refractivity contribution in [1.29, 1.82) is 0 Å². The number of hydrogen-bond donors (Lipinski definition) is 1. The molecule has 0 saturated heterocycles. The zero-order chi connectivity index (χ0) is 14.3. The molecule has 0 fully saturated rings. The molecule has 3 nitrogen and oxygen atoms in total. The van der Waals surface area contributed by atoms with Crippen LogP contribution in [0, 0.1) is 5.41 Å². The quantitative estimate of drug-likeness (QED) is 0.858. The van der Waals surface area contributed by atoms with Crippen LogP contribution in [0.15, 0.2) is 24.4 Å². The Hall–Kier alpha value is -1.29. The molecule has 0 atom stereocenters. The fraction of sp³-hybridized carbons (Fsp3) is 0.533. The molecule has 0 aliphatic rings. The average Bonchev–Trinajstić information content (AvgIpc) is 2.73. The number of H-pyrrole nitrogens is 1. The van der Waals surface area contributed by atoms with E-state index in [0.717, 1.165) is 10.9 Å². The van der Waals surface area contributed by atoms with Crippen LogP contribution in [0.4, 0.5) is 0 Å². The van der Waals surface area contributed by atoms with Crippen molar-refractivity contribution in [3.05, 3.63) is 24.4 Å². The minimum Gasteiger partial charge on any atom is -0.426 e. The lowest BCUT2D eigenvalue weighted by atomic mass is 9.61. The van der Waals surface area contributed by atoms with Crippen LogP contribution in [0.3, 0.4) is 0 Å². The molecular weight excluding hydrogens is 235 g/mol. The molecule has 2 aromatic rings. The Balaban J connectivity index is 2.30. The minimum atomic E-state index is -0.196. The van der Waals surface area contributed by atoms with Crippen LogP contribution in [-0.2, 0) is 4.65 Å². The highest BCUT2D eigenvalue weighted by Crippen LogP contribution is 2.33. The van der Waals surface area contributed by atoms with E-state index in [9.17, 15) is 0 Å². The molecule has 4 heteroatoms. The second kappa shape index (κ2) is 4.67. The first-order valence-electron chi connectivity index (χ1n) is 6.82. The Labute approximate surface area is 115 Å². The number of rotatable bonds is 3. The number of nitrogens with one attached hydrogen (secondary N) is 1. The third kappa shape index (κ3) is 2.68. The zero-order valence-corrected chi connectivity index (χ0v) is 12.7. The van der Waals surface area contributed by atoms with Crippen molar-refractivity contribution in [1.82, 2.24) is 10.2 Å². The summed E-state index contributed by atoms with van der Waals surface area (Å²) in [6.07, 6.45) is 1.87. The Bertz CT molecular complexity index is 569. The first-order valence-corrected chi connectivity index (χ1v) is 6.82. The minimum absolute atomic E-state index is 0.0375. The summed E-state index contributed by atoms with van der Waals surface area (Å²) in [4.78, 5) is 0. The van der Waals surface area contributed by atoms with Gasteiger partial charge in [-0.2, -0.15) is 5.10 Å². The number of hydrogen-bond acceptors (Lipinski definition) is 2. The second-order valence-electron chi connectivity index (χ2n) is 6.70. The van der Waals surface area contributed by atoms with Gasteiger partial charge in [0.05, 0.1) is 17.3 Å². The van der Waals surface area contributed by atoms with E-state index in [1.54, 1.807) is 0 Å². The molecule has 0 radical (unpaired) electrons. The molecule has 0 spiro atoms. The van der Waals surface area contributed by atoms with Crippen LogP contribution >= 0.6 is 0 Å². The van der Waals surface area contributed by atoms with Gasteiger partial charge in [-0.05, 0) is 30.8 Å². The zero-order valence-electron chi connectivity index (χ0n) is 12.7. The van der Waals surface area contributed by atoms with Gasteiger partial charge in [0.25, 0.3) is 0 Å². The standard InChI is InChI=1S/C15H23BN2O/c1-14(2,3)15(4,5)19-16(6)12-8-7-9-13-11(12)10-17-18-13/h7-10H,1-6H3,(H,17,18). The Kier molecular flexibility index (Phi) is 3.48. The Morgan fingerprint density at radius 1 is 1.16 bits per heavy atom. The lowest BCUT2D eigenvalue weighted by Gasteiger charge is -2.41. The van der Waals surface area contributed by atoms with E-state index < -0.39 is 0 Å². The fourth-order valence-electron chi connectivity index (χ4n) is 2.03. The fourth-order valence-corrected chi connectivity index (χ4v) is 2.03. The second-order valence-corrected chi connectivity index (χ2v) is 6.70. The Morgan fingerprint density at radius 3 is 2.47 bits per heavy atom. The van der Waals surface area contributed by atoms with Crippen LogP contribution in [-0.4, -0.2) is 22.7 Å². The summed E-state index contributed by atoms with van der Waals surface area (Å²) < 4.78 is 6.32. The predicted octanol–water partition coefficient (Wildman–Crippen LogP) is 3.23. The first kappa shape index (κ1) is 14.1. The van der Waals surface area contributed by atoms with Crippen LogP contribution in [0.5, 0.6) is 0 Å². The molecule has 19 heavy (non-hydrogen) atoms. The number of aromatic nitrogens is 2. The van der Waals surface area contributed by atoms with Crippen molar-refractivity contribution in [3.63, 3.8) is 0 Å². The van der Waals surface area contributed by atoms with Crippen molar-refractivity contribution in [2.45, 2.75) is 47.0 Å². The van der Waals surface area contributed by atoms with Gasteiger partial charge in [-0.3, -0.25) is 5.10 Å². The monoisotopic (exact) mass is 258 g/mol. The summed E-state index contributed by atoms with van der Waals surface area (Å²) in [6.45, 7) is 13.1. The number of nitrogens with zero attached hydrogens (tertiary/aromatic N) is 1. The van der Waals surface area contributed by atoms with Crippen molar-refractivity contribution in [3.8, 4) is 0 Å². The van der Waals surface area contributed by atoms with Gasteiger partial charge in [0.2, 0.25) is 0 Å². The van der Waals surface area contributed by atoms with Crippen molar-refractivity contribution in [2.75, 3.05) is 0 Å². The maximum atomic E-state index is 6.32. The predicted molar refractivity (Wildman–Crippen MR) is 82.0 cm³/mol. The summed E-state index contributed by atoms with van der Waals surface area (Å²) in [5.74, 6) is 0. The highest BCUT2D eigenvalue weighted by atomic mass is 16.5. The van der Waals surface area contributed by atoms with Gasteiger partial charge < -0.3 is 4.65 Å². The molecule has 1 N–H and O–H groups in total. The SMILES string of the molecule is CB(OC(C)(C)C(C)(C)C)c1cccc2[nH]ncc12. The summed E-state index contributed by atoms with van der Waals surface area (Å²) >= 11 is 0. The van der Waals surface area contributed by atoms with E-state index in [2.05, 4.69) is 57.7 Å². The van der Waals surface area contributed by atoms with Crippen LogP contribution in [0.1, 0.15) is 34.6 Å². The van der Waals surface area contributed by atoms with Crippen molar-refractivity contribution in [2.24, 2.45) is 5.41 Å². The van der Waals surface area contributed by atoms with E-state index >= 15 is 0 Å². The van der Waals surface area contributed by atoms with Crippen LogP contribution < -0.4 is 5.46 Å². The molecule has 1 aromatic heterocycles. The molecule has 0 aliphatic heterocycles. The van der Waals surface area contributed by atoms with E-state index in [1.807, 2.05) is 18.3 Å². The molecule has 0 aliphatic carbocycles. The first-order chi connectivity index (χ1) is 8.72. The number of aromatic amines is 1. The molecule has 0 unspecified atom stereocenters. The van der Waals surface area contributed by atoms with E-state index in [4.69, 9.17) is 4.65 Å². The van der Waals surface area contributed by atoms with Gasteiger partial charge in [-0.1, -0.05) is 39.7 Å². The molecule has 1 heterocycles. The highest BCUT2D eigenvalue weighted by Gasteiger charge is 2.36. The normalized spacial score (nSPS) is 12.9. The Morgan fingerprint density at radius 2 is 1.84 bits per heavy atom. The summed E-state index contributed by atoms with van der Waals surface area (Å²) in [5.41, 5.74) is 2.13. The average molecular weight is 258 g/mol. The lowest BCUT2D eigenvalue weighted by molar-refractivity contribution is 0.000497. The summed E-state index contributed by atoms with van der Waals surface area (Å²) in [6, 6.07) is 6.19. The largest absolute Gasteiger partial charge is 0.426 e. The number of benzene rings is 1. The van der Waals surface area contributed by atoms with E-state index in [-0.39, 0.29) is 17.9 Å². The number of fused-ring (bicyclic) bond motifs is 1.